The predicted octanol–water partition coefficient (Wildman–Crippen LogP) is 2.36. The first-order chi connectivity index (χ1) is 11.6. The number of rotatable bonds is 7. The van der Waals surface area contributed by atoms with Crippen LogP contribution in [-0.4, -0.2) is 63.2 Å². The Hall–Kier alpha value is -1.40. The molecular formula is C18H30N4OS. The summed E-state index contributed by atoms with van der Waals surface area (Å²) < 4.78 is 5.35. The van der Waals surface area contributed by atoms with Crippen LogP contribution in [0, 0.1) is 0 Å². The van der Waals surface area contributed by atoms with Crippen LogP contribution in [0.1, 0.15) is 24.4 Å². The first-order valence-corrected chi connectivity index (χ1v) is 9.55. The molecule has 6 heteroatoms. The Morgan fingerprint density at radius 2 is 2.25 bits per heavy atom. The van der Waals surface area contributed by atoms with E-state index in [4.69, 9.17) is 4.74 Å². The lowest BCUT2D eigenvalue weighted by Crippen LogP contribution is -2.43. The van der Waals surface area contributed by atoms with E-state index >= 15 is 0 Å². The third-order valence-corrected chi connectivity index (χ3v) is 5.71. The van der Waals surface area contributed by atoms with Crippen LogP contribution in [0.4, 0.5) is 0 Å². The van der Waals surface area contributed by atoms with Crippen LogP contribution in [0.25, 0.3) is 0 Å². The molecule has 2 atom stereocenters. The fourth-order valence-corrected chi connectivity index (χ4v) is 4.08. The molecule has 1 saturated heterocycles. The number of aliphatic imine (C=N–C) groups is 1. The molecule has 1 heterocycles. The van der Waals surface area contributed by atoms with Crippen LogP contribution in [0.5, 0.6) is 5.75 Å². The van der Waals surface area contributed by atoms with Crippen LogP contribution in [0.2, 0.25) is 0 Å². The molecule has 24 heavy (non-hydrogen) atoms. The largest absolute Gasteiger partial charge is 0.497 e. The Labute approximate surface area is 150 Å². The molecule has 5 nitrogen and oxygen atoms in total. The summed E-state index contributed by atoms with van der Waals surface area (Å²) in [5.74, 6) is 3.05. The van der Waals surface area contributed by atoms with Crippen LogP contribution in [-0.2, 0) is 0 Å². The Morgan fingerprint density at radius 3 is 2.88 bits per heavy atom. The smallest absolute Gasteiger partial charge is 0.191 e. The Bertz CT molecular complexity index is 530. The molecule has 134 valence electrons. The van der Waals surface area contributed by atoms with Gasteiger partial charge in [-0.2, -0.15) is 11.8 Å². The van der Waals surface area contributed by atoms with E-state index < -0.39 is 0 Å². The molecule has 0 radical (unpaired) electrons. The molecule has 2 rings (SSSR count). The first kappa shape index (κ1) is 18.9. The highest BCUT2D eigenvalue weighted by atomic mass is 32.2. The summed E-state index contributed by atoms with van der Waals surface area (Å²) in [6.45, 7) is 1.77. The molecule has 1 fully saturated rings. The minimum atomic E-state index is 0.250. The second-order valence-electron chi connectivity index (χ2n) is 6.23. The van der Waals surface area contributed by atoms with Gasteiger partial charge in [-0.05, 0) is 50.4 Å². The SMILES string of the molecule is CN=C(NCC1CCCS1)NCC(c1cccc(OC)c1)N(C)C. The summed E-state index contributed by atoms with van der Waals surface area (Å²) in [5, 5.41) is 7.63. The van der Waals surface area contributed by atoms with Gasteiger partial charge in [0.05, 0.1) is 13.2 Å². The quantitative estimate of drug-likeness (QED) is 0.584. The molecule has 0 saturated carbocycles. The molecule has 1 aromatic carbocycles. The Balaban J connectivity index is 1.91. The zero-order chi connectivity index (χ0) is 17.4. The van der Waals surface area contributed by atoms with Crippen LogP contribution in [0.3, 0.4) is 0 Å². The number of guanidine groups is 1. The average Bonchev–Trinajstić information content (AvgIpc) is 3.11. The average molecular weight is 351 g/mol. The van der Waals surface area contributed by atoms with Crippen LogP contribution >= 0.6 is 11.8 Å². The number of thioether (sulfide) groups is 1. The zero-order valence-electron chi connectivity index (χ0n) is 15.2. The molecule has 0 aliphatic carbocycles. The van der Waals surface area contributed by atoms with Crippen molar-refractivity contribution in [3.8, 4) is 5.75 Å². The molecule has 2 unspecified atom stereocenters. The standard InChI is InChI=1S/C18H30N4OS/c1-19-18(20-12-16-9-6-10-24-16)21-13-17(22(2)3)14-7-5-8-15(11-14)23-4/h5,7-8,11,16-17H,6,9-10,12-13H2,1-4H3,(H2,19,20,21). The van der Waals surface area contributed by atoms with E-state index in [-0.39, 0.29) is 6.04 Å². The second-order valence-corrected chi connectivity index (χ2v) is 7.63. The number of nitrogens with one attached hydrogen (secondary N) is 2. The van der Waals surface area contributed by atoms with E-state index in [1.807, 2.05) is 19.2 Å². The Morgan fingerprint density at radius 1 is 1.42 bits per heavy atom. The predicted molar refractivity (Wildman–Crippen MR) is 104 cm³/mol. The van der Waals surface area contributed by atoms with E-state index in [1.54, 1.807) is 7.11 Å². The summed E-state index contributed by atoms with van der Waals surface area (Å²) in [5.41, 5.74) is 1.23. The molecule has 0 amide bonds. The van der Waals surface area contributed by atoms with Gasteiger partial charge in [-0.3, -0.25) is 4.99 Å². The maximum absolute atomic E-state index is 5.35. The van der Waals surface area contributed by atoms with Gasteiger partial charge in [0.2, 0.25) is 0 Å². The minimum absolute atomic E-state index is 0.250. The molecule has 1 aromatic rings. The number of ether oxygens (including phenoxy) is 1. The van der Waals surface area contributed by atoms with Crippen LogP contribution in [0.15, 0.2) is 29.3 Å². The number of likely N-dealkylation sites (N-methyl/N-ethyl adjacent to an activating group) is 1. The van der Waals surface area contributed by atoms with E-state index in [1.165, 1.54) is 24.2 Å². The number of methoxy groups -OCH3 is 1. The molecule has 0 aromatic heterocycles. The fourth-order valence-electron chi connectivity index (χ4n) is 2.88. The number of hydrogen-bond acceptors (Lipinski definition) is 4. The van der Waals surface area contributed by atoms with Gasteiger partial charge in [0.1, 0.15) is 5.75 Å². The molecule has 2 N–H and O–H groups in total. The van der Waals surface area contributed by atoms with Crippen molar-refractivity contribution in [1.29, 1.82) is 0 Å². The summed E-state index contributed by atoms with van der Waals surface area (Å²) in [7, 11) is 7.72. The van der Waals surface area contributed by atoms with Gasteiger partial charge in [-0.25, -0.2) is 0 Å². The van der Waals surface area contributed by atoms with Crippen molar-refractivity contribution in [3.05, 3.63) is 29.8 Å². The van der Waals surface area contributed by atoms with E-state index in [0.29, 0.717) is 5.25 Å². The van der Waals surface area contributed by atoms with Crippen molar-refractivity contribution < 1.29 is 4.74 Å². The van der Waals surface area contributed by atoms with Crippen LogP contribution < -0.4 is 15.4 Å². The molecule has 1 aliphatic rings. The summed E-state index contributed by atoms with van der Waals surface area (Å²) in [4.78, 5) is 6.56. The van der Waals surface area contributed by atoms with Gasteiger partial charge >= 0.3 is 0 Å². The van der Waals surface area contributed by atoms with Crippen molar-refractivity contribution >= 4 is 17.7 Å². The highest BCUT2D eigenvalue weighted by molar-refractivity contribution is 8.00. The van der Waals surface area contributed by atoms with Gasteiger partial charge in [0, 0.05) is 25.4 Å². The van der Waals surface area contributed by atoms with Crippen molar-refractivity contribution in [3.63, 3.8) is 0 Å². The van der Waals surface area contributed by atoms with E-state index in [0.717, 1.165) is 24.8 Å². The lowest BCUT2D eigenvalue weighted by molar-refractivity contribution is 0.297. The molecule has 0 spiro atoms. The second kappa shape index (κ2) is 9.79. The van der Waals surface area contributed by atoms with E-state index in [9.17, 15) is 0 Å². The van der Waals surface area contributed by atoms with Crippen molar-refractivity contribution in [2.75, 3.05) is 47.1 Å². The maximum Gasteiger partial charge on any atom is 0.191 e. The normalized spacial score (nSPS) is 19.4. The highest BCUT2D eigenvalue weighted by Crippen LogP contribution is 2.25. The van der Waals surface area contributed by atoms with Crippen molar-refractivity contribution in [1.82, 2.24) is 15.5 Å². The summed E-state index contributed by atoms with van der Waals surface area (Å²) >= 11 is 2.06. The number of benzene rings is 1. The lowest BCUT2D eigenvalue weighted by Gasteiger charge is -2.26. The fraction of sp³-hybridized carbons (Fsp3) is 0.611. The third-order valence-electron chi connectivity index (χ3n) is 4.31. The van der Waals surface area contributed by atoms with Gasteiger partial charge in [-0.15, -0.1) is 0 Å². The summed E-state index contributed by atoms with van der Waals surface area (Å²) in [6.07, 6.45) is 2.64. The van der Waals surface area contributed by atoms with Crippen molar-refractivity contribution in [2.45, 2.75) is 24.1 Å². The van der Waals surface area contributed by atoms with Gasteiger partial charge in [0.15, 0.2) is 5.96 Å². The zero-order valence-corrected chi connectivity index (χ0v) is 16.0. The van der Waals surface area contributed by atoms with Crippen molar-refractivity contribution in [2.24, 2.45) is 4.99 Å². The third kappa shape index (κ3) is 5.60. The summed E-state index contributed by atoms with van der Waals surface area (Å²) in [6, 6.07) is 8.50. The van der Waals surface area contributed by atoms with Gasteiger partial charge in [0.25, 0.3) is 0 Å². The Kier molecular flexibility index (Phi) is 7.72. The number of nitrogens with zero attached hydrogens (tertiary/aromatic N) is 2. The van der Waals surface area contributed by atoms with E-state index in [2.05, 4.69) is 58.5 Å². The minimum Gasteiger partial charge on any atom is -0.497 e. The maximum atomic E-state index is 5.35. The highest BCUT2D eigenvalue weighted by Gasteiger charge is 2.17. The first-order valence-electron chi connectivity index (χ1n) is 8.50. The molecule has 0 bridgehead atoms. The number of hydrogen-bond donors (Lipinski definition) is 2. The van der Waals surface area contributed by atoms with Gasteiger partial charge < -0.3 is 20.3 Å². The molecular weight excluding hydrogens is 320 g/mol. The molecule has 1 aliphatic heterocycles. The lowest BCUT2D eigenvalue weighted by atomic mass is 10.1. The topological polar surface area (TPSA) is 48.9 Å². The van der Waals surface area contributed by atoms with Gasteiger partial charge in [-0.1, -0.05) is 12.1 Å². The monoisotopic (exact) mass is 350 g/mol.